The summed E-state index contributed by atoms with van der Waals surface area (Å²) in [5.74, 6) is 0.138. The number of hydrogen-bond donors (Lipinski definition) is 2. The molecule has 1 saturated heterocycles. The molecule has 3 atom stereocenters. The summed E-state index contributed by atoms with van der Waals surface area (Å²) in [5.41, 5.74) is 0.430. The van der Waals surface area contributed by atoms with Crippen molar-refractivity contribution in [3.63, 3.8) is 0 Å². The van der Waals surface area contributed by atoms with Crippen LogP contribution in [0.15, 0.2) is 0 Å². The van der Waals surface area contributed by atoms with E-state index in [4.69, 9.17) is 0 Å². The van der Waals surface area contributed by atoms with Crippen molar-refractivity contribution in [1.82, 2.24) is 10.2 Å². The van der Waals surface area contributed by atoms with E-state index in [0.717, 1.165) is 13.0 Å². The van der Waals surface area contributed by atoms with Crippen LogP contribution in [0.4, 0.5) is 0 Å². The van der Waals surface area contributed by atoms with Crippen LogP contribution in [-0.2, 0) is 4.79 Å². The minimum absolute atomic E-state index is 0.0116. The predicted octanol–water partition coefficient (Wildman–Crippen LogP) is 1.63. The highest BCUT2D eigenvalue weighted by molar-refractivity contribution is 5.83. The first-order valence-electron chi connectivity index (χ1n) is 7.67. The maximum atomic E-state index is 12.9. The summed E-state index contributed by atoms with van der Waals surface area (Å²) in [4.78, 5) is 14.8. The second-order valence-electron chi connectivity index (χ2n) is 8.44. The SMILES string of the molecule is CN[C@H](C(=O)N1CC2(C[C@H]1CO)CC2(C)C)C(C)(C)C. The second-order valence-corrected chi connectivity index (χ2v) is 8.44. The van der Waals surface area contributed by atoms with E-state index in [2.05, 4.69) is 39.9 Å². The minimum Gasteiger partial charge on any atom is -0.394 e. The average molecular weight is 282 g/mol. The van der Waals surface area contributed by atoms with Gasteiger partial charge in [-0.1, -0.05) is 34.6 Å². The number of likely N-dealkylation sites (tertiary alicyclic amines) is 1. The van der Waals surface area contributed by atoms with E-state index in [0.29, 0.717) is 5.41 Å². The van der Waals surface area contributed by atoms with Crippen molar-refractivity contribution in [2.75, 3.05) is 20.2 Å². The molecule has 4 heteroatoms. The molecule has 0 aromatic rings. The zero-order chi connectivity index (χ0) is 15.3. The Hall–Kier alpha value is -0.610. The lowest BCUT2D eigenvalue weighted by molar-refractivity contribution is -0.137. The van der Waals surface area contributed by atoms with Crippen LogP contribution in [0.25, 0.3) is 0 Å². The van der Waals surface area contributed by atoms with Crippen LogP contribution in [0.2, 0.25) is 0 Å². The summed E-state index contributed by atoms with van der Waals surface area (Å²) in [7, 11) is 1.84. The number of aliphatic hydroxyl groups excluding tert-OH is 1. The van der Waals surface area contributed by atoms with E-state index in [1.807, 2.05) is 11.9 Å². The van der Waals surface area contributed by atoms with Gasteiger partial charge in [-0.05, 0) is 36.1 Å². The Balaban J connectivity index is 2.17. The van der Waals surface area contributed by atoms with Crippen LogP contribution in [-0.4, -0.2) is 48.2 Å². The summed E-state index contributed by atoms with van der Waals surface area (Å²) in [5, 5.41) is 12.8. The molecule has 2 fully saturated rings. The van der Waals surface area contributed by atoms with Gasteiger partial charge in [0, 0.05) is 6.54 Å². The third kappa shape index (κ3) is 2.37. The lowest BCUT2D eigenvalue weighted by Gasteiger charge is -2.34. The smallest absolute Gasteiger partial charge is 0.240 e. The lowest BCUT2D eigenvalue weighted by atomic mass is 9.86. The number of nitrogens with one attached hydrogen (secondary N) is 1. The maximum absolute atomic E-state index is 12.9. The molecule has 1 amide bonds. The average Bonchev–Trinajstić information content (AvgIpc) is 2.68. The van der Waals surface area contributed by atoms with Crippen molar-refractivity contribution in [1.29, 1.82) is 0 Å². The van der Waals surface area contributed by atoms with Gasteiger partial charge < -0.3 is 15.3 Å². The molecule has 1 heterocycles. The number of aliphatic hydroxyl groups is 1. The largest absolute Gasteiger partial charge is 0.394 e. The lowest BCUT2D eigenvalue weighted by Crippen LogP contribution is -2.53. The highest BCUT2D eigenvalue weighted by atomic mass is 16.3. The molecule has 1 aliphatic heterocycles. The molecule has 2 N–H and O–H groups in total. The second kappa shape index (κ2) is 4.70. The predicted molar refractivity (Wildman–Crippen MR) is 80.3 cm³/mol. The van der Waals surface area contributed by atoms with Gasteiger partial charge in [-0.15, -0.1) is 0 Å². The van der Waals surface area contributed by atoms with E-state index in [1.54, 1.807) is 0 Å². The van der Waals surface area contributed by atoms with E-state index in [9.17, 15) is 9.90 Å². The van der Waals surface area contributed by atoms with Crippen molar-refractivity contribution >= 4 is 5.91 Å². The number of likely N-dealkylation sites (N-methyl/N-ethyl adjacent to an activating group) is 1. The van der Waals surface area contributed by atoms with Gasteiger partial charge >= 0.3 is 0 Å². The number of hydrogen-bond acceptors (Lipinski definition) is 3. The van der Waals surface area contributed by atoms with Gasteiger partial charge in [0.2, 0.25) is 5.91 Å². The van der Waals surface area contributed by atoms with Crippen LogP contribution in [0.1, 0.15) is 47.5 Å². The summed E-state index contributed by atoms with van der Waals surface area (Å²) < 4.78 is 0. The van der Waals surface area contributed by atoms with Crippen LogP contribution in [0, 0.1) is 16.2 Å². The Morgan fingerprint density at radius 2 is 2.00 bits per heavy atom. The number of amides is 1. The van der Waals surface area contributed by atoms with Gasteiger partial charge in [0.25, 0.3) is 0 Å². The molecule has 2 rings (SSSR count). The summed E-state index contributed by atoms with van der Waals surface area (Å²) in [6.45, 7) is 11.7. The van der Waals surface area contributed by atoms with Crippen molar-refractivity contribution < 1.29 is 9.90 Å². The molecule has 2 aliphatic rings. The Bertz CT molecular complexity index is 400. The molecule has 1 spiro atoms. The van der Waals surface area contributed by atoms with Crippen molar-refractivity contribution in [2.45, 2.75) is 59.5 Å². The van der Waals surface area contributed by atoms with Gasteiger partial charge in [-0.2, -0.15) is 0 Å². The molecule has 0 aromatic heterocycles. The standard InChI is InChI=1S/C16H30N2O2/c1-14(2,3)12(17-6)13(20)18-10-16(7-11(18)8-19)9-15(16,4)5/h11-12,17,19H,7-10H2,1-6H3/t11-,12+,16?/m0/s1. The molecule has 0 radical (unpaired) electrons. The van der Waals surface area contributed by atoms with Crippen LogP contribution in [0.3, 0.4) is 0 Å². The zero-order valence-corrected chi connectivity index (χ0v) is 13.8. The molecular weight excluding hydrogens is 252 g/mol. The van der Waals surface area contributed by atoms with E-state index in [-0.39, 0.29) is 35.4 Å². The fourth-order valence-electron chi connectivity index (χ4n) is 4.01. The Morgan fingerprint density at radius 1 is 1.45 bits per heavy atom. The Morgan fingerprint density at radius 3 is 2.35 bits per heavy atom. The van der Waals surface area contributed by atoms with Crippen LogP contribution < -0.4 is 5.32 Å². The molecule has 4 nitrogen and oxygen atoms in total. The van der Waals surface area contributed by atoms with Gasteiger partial charge in [0.1, 0.15) is 0 Å². The summed E-state index contributed by atoms with van der Waals surface area (Å²) >= 11 is 0. The number of nitrogens with zero attached hydrogens (tertiary/aromatic N) is 1. The number of carbonyl (C=O) groups excluding carboxylic acids is 1. The molecule has 1 unspecified atom stereocenters. The van der Waals surface area contributed by atoms with Gasteiger partial charge in [0.15, 0.2) is 0 Å². The summed E-state index contributed by atoms with van der Waals surface area (Å²) in [6.07, 6.45) is 2.11. The fraction of sp³-hybridized carbons (Fsp3) is 0.938. The fourth-order valence-corrected chi connectivity index (χ4v) is 4.01. The zero-order valence-electron chi connectivity index (χ0n) is 13.8. The Labute approximate surface area is 122 Å². The first-order chi connectivity index (χ1) is 9.08. The van der Waals surface area contributed by atoms with Crippen molar-refractivity contribution in [2.24, 2.45) is 16.2 Å². The monoisotopic (exact) mass is 282 g/mol. The highest BCUT2D eigenvalue weighted by Gasteiger charge is 2.66. The third-order valence-corrected chi connectivity index (χ3v) is 5.53. The molecule has 20 heavy (non-hydrogen) atoms. The quantitative estimate of drug-likeness (QED) is 0.827. The minimum atomic E-state index is -0.200. The molecule has 1 aliphatic carbocycles. The highest BCUT2D eigenvalue weighted by Crippen LogP contribution is 2.68. The molecule has 0 aromatic carbocycles. The van der Waals surface area contributed by atoms with Crippen molar-refractivity contribution in [3.05, 3.63) is 0 Å². The maximum Gasteiger partial charge on any atom is 0.240 e. The van der Waals surface area contributed by atoms with Crippen molar-refractivity contribution in [3.8, 4) is 0 Å². The third-order valence-electron chi connectivity index (χ3n) is 5.53. The molecule has 116 valence electrons. The number of carbonyl (C=O) groups is 1. The van der Waals surface area contributed by atoms with E-state index in [1.165, 1.54) is 6.42 Å². The van der Waals surface area contributed by atoms with Crippen LogP contribution in [0.5, 0.6) is 0 Å². The van der Waals surface area contributed by atoms with E-state index >= 15 is 0 Å². The normalized spacial score (nSPS) is 33.5. The summed E-state index contributed by atoms with van der Waals surface area (Å²) in [6, 6.07) is -0.212. The van der Waals surface area contributed by atoms with Gasteiger partial charge in [-0.25, -0.2) is 0 Å². The van der Waals surface area contributed by atoms with Gasteiger partial charge in [-0.3, -0.25) is 4.79 Å². The Kier molecular flexibility index (Phi) is 3.71. The van der Waals surface area contributed by atoms with Crippen LogP contribution >= 0.6 is 0 Å². The van der Waals surface area contributed by atoms with E-state index < -0.39 is 0 Å². The topological polar surface area (TPSA) is 52.6 Å². The number of rotatable bonds is 3. The first kappa shape index (κ1) is 15.8. The molecule has 1 saturated carbocycles. The first-order valence-corrected chi connectivity index (χ1v) is 7.67. The molecular formula is C16H30N2O2. The van der Waals surface area contributed by atoms with Gasteiger partial charge in [0.05, 0.1) is 18.7 Å². The molecule has 0 bridgehead atoms.